The first-order valence-electron chi connectivity index (χ1n) is 8.56. The number of carbonyl (C=O) groups excluding carboxylic acids is 1. The van der Waals surface area contributed by atoms with Crippen molar-refractivity contribution in [2.45, 2.75) is 13.0 Å². The van der Waals surface area contributed by atoms with Crippen molar-refractivity contribution < 1.29 is 9.53 Å². The van der Waals surface area contributed by atoms with Gasteiger partial charge >= 0.3 is 0 Å². The first-order valence-corrected chi connectivity index (χ1v) is 8.93. The molecule has 0 radical (unpaired) electrons. The number of benzene rings is 2. The number of halogens is 1. The summed E-state index contributed by atoms with van der Waals surface area (Å²) in [6.45, 7) is 4.31. The predicted octanol–water partition coefficient (Wildman–Crippen LogP) is 3.70. The van der Waals surface area contributed by atoms with Crippen molar-refractivity contribution in [1.29, 1.82) is 0 Å². The number of methoxy groups -OCH3 is 1. The molecule has 1 fully saturated rings. The zero-order valence-corrected chi connectivity index (χ0v) is 15.2. The molecule has 0 N–H and O–H groups in total. The van der Waals surface area contributed by atoms with Crippen molar-refractivity contribution in [3.05, 3.63) is 64.7 Å². The highest BCUT2D eigenvalue weighted by atomic mass is 35.5. The van der Waals surface area contributed by atoms with Crippen LogP contribution in [0.15, 0.2) is 48.5 Å². The summed E-state index contributed by atoms with van der Waals surface area (Å²) in [5.41, 5.74) is 1.96. The predicted molar refractivity (Wildman–Crippen MR) is 100 cm³/mol. The van der Waals surface area contributed by atoms with Gasteiger partial charge in [-0.3, -0.25) is 9.69 Å². The van der Waals surface area contributed by atoms with E-state index >= 15 is 0 Å². The van der Waals surface area contributed by atoms with E-state index in [0.717, 1.165) is 44.9 Å². The summed E-state index contributed by atoms with van der Waals surface area (Å²) >= 11 is 5.90. The maximum atomic E-state index is 12.6. The zero-order valence-electron chi connectivity index (χ0n) is 14.5. The van der Waals surface area contributed by atoms with Gasteiger partial charge in [0.25, 0.3) is 5.91 Å². The van der Waals surface area contributed by atoms with Crippen LogP contribution in [0.25, 0.3) is 0 Å². The van der Waals surface area contributed by atoms with E-state index < -0.39 is 0 Å². The van der Waals surface area contributed by atoms with Gasteiger partial charge in [0.1, 0.15) is 5.75 Å². The summed E-state index contributed by atoms with van der Waals surface area (Å²) in [4.78, 5) is 17.0. The Morgan fingerprint density at radius 2 is 1.72 bits per heavy atom. The number of hydrogen-bond donors (Lipinski definition) is 0. The maximum Gasteiger partial charge on any atom is 0.253 e. The molecule has 132 valence electrons. The largest absolute Gasteiger partial charge is 0.497 e. The third kappa shape index (κ3) is 4.74. The van der Waals surface area contributed by atoms with Crippen LogP contribution in [0.5, 0.6) is 5.75 Å². The van der Waals surface area contributed by atoms with Crippen molar-refractivity contribution in [1.82, 2.24) is 9.80 Å². The molecular formula is C20H23ClN2O2. The highest BCUT2D eigenvalue weighted by molar-refractivity contribution is 6.30. The number of amides is 1. The molecule has 1 heterocycles. The SMILES string of the molecule is COc1ccc(CN2CCCN(C(=O)c3ccc(Cl)cc3)CC2)cc1. The highest BCUT2D eigenvalue weighted by Crippen LogP contribution is 2.16. The topological polar surface area (TPSA) is 32.8 Å². The molecule has 0 atom stereocenters. The lowest BCUT2D eigenvalue weighted by Gasteiger charge is -2.22. The molecule has 25 heavy (non-hydrogen) atoms. The summed E-state index contributed by atoms with van der Waals surface area (Å²) in [5.74, 6) is 0.960. The van der Waals surface area contributed by atoms with Crippen LogP contribution in [-0.4, -0.2) is 49.0 Å². The Morgan fingerprint density at radius 3 is 2.40 bits per heavy atom. The van der Waals surface area contributed by atoms with Gasteiger partial charge in [-0.2, -0.15) is 0 Å². The van der Waals surface area contributed by atoms with Crippen molar-refractivity contribution in [3.8, 4) is 5.75 Å². The third-order valence-corrected chi connectivity index (χ3v) is 4.78. The Hall–Kier alpha value is -2.04. The first kappa shape index (κ1) is 17.8. The summed E-state index contributed by atoms with van der Waals surface area (Å²) in [5, 5.41) is 0.651. The minimum atomic E-state index is 0.0861. The summed E-state index contributed by atoms with van der Waals surface area (Å²) in [6.07, 6.45) is 0.982. The molecule has 0 aliphatic carbocycles. The number of nitrogens with zero attached hydrogens (tertiary/aromatic N) is 2. The Morgan fingerprint density at radius 1 is 1.00 bits per heavy atom. The molecule has 1 aliphatic heterocycles. The Balaban J connectivity index is 1.57. The molecule has 1 aliphatic rings. The second-order valence-corrected chi connectivity index (χ2v) is 6.71. The Labute approximate surface area is 154 Å². The van der Waals surface area contributed by atoms with Crippen molar-refractivity contribution in [2.75, 3.05) is 33.3 Å². The number of hydrogen-bond acceptors (Lipinski definition) is 3. The third-order valence-electron chi connectivity index (χ3n) is 4.53. The van der Waals surface area contributed by atoms with E-state index in [1.807, 2.05) is 17.0 Å². The van der Waals surface area contributed by atoms with Crippen molar-refractivity contribution >= 4 is 17.5 Å². The minimum absolute atomic E-state index is 0.0861. The van der Waals surface area contributed by atoms with Gasteiger partial charge in [0, 0.05) is 43.3 Å². The summed E-state index contributed by atoms with van der Waals surface area (Å²) in [7, 11) is 1.68. The molecule has 4 nitrogen and oxygen atoms in total. The van der Waals surface area contributed by atoms with Gasteiger partial charge in [0.15, 0.2) is 0 Å². The lowest BCUT2D eigenvalue weighted by Crippen LogP contribution is -2.35. The van der Waals surface area contributed by atoms with Crippen LogP contribution in [0.3, 0.4) is 0 Å². The zero-order chi connectivity index (χ0) is 17.6. The lowest BCUT2D eigenvalue weighted by atomic mass is 10.2. The van der Waals surface area contributed by atoms with Crippen LogP contribution < -0.4 is 4.74 Å². The van der Waals surface area contributed by atoms with Crippen LogP contribution in [0.1, 0.15) is 22.3 Å². The standard InChI is InChI=1S/C20H23ClN2O2/c1-25-19-9-3-16(4-10-19)15-22-11-2-12-23(14-13-22)20(24)17-5-7-18(21)8-6-17/h3-10H,2,11-15H2,1H3. The van der Waals surface area contributed by atoms with E-state index in [0.29, 0.717) is 10.6 Å². The summed E-state index contributed by atoms with van der Waals surface area (Å²) in [6, 6.07) is 15.3. The van der Waals surface area contributed by atoms with Gasteiger partial charge in [-0.05, 0) is 48.4 Å². The smallest absolute Gasteiger partial charge is 0.253 e. The summed E-state index contributed by atoms with van der Waals surface area (Å²) < 4.78 is 5.20. The van der Waals surface area contributed by atoms with Crippen LogP contribution >= 0.6 is 11.6 Å². The van der Waals surface area contributed by atoms with Gasteiger partial charge in [-0.15, -0.1) is 0 Å². The van der Waals surface area contributed by atoms with Gasteiger partial charge in [-0.25, -0.2) is 0 Å². The molecule has 0 bridgehead atoms. The van der Waals surface area contributed by atoms with Crippen molar-refractivity contribution in [3.63, 3.8) is 0 Å². The molecule has 0 unspecified atom stereocenters. The van der Waals surface area contributed by atoms with Crippen LogP contribution in [0.4, 0.5) is 0 Å². The average molecular weight is 359 g/mol. The molecule has 1 amide bonds. The van der Waals surface area contributed by atoms with E-state index in [9.17, 15) is 4.79 Å². The van der Waals surface area contributed by atoms with E-state index in [4.69, 9.17) is 16.3 Å². The Kier molecular flexibility index (Phi) is 5.95. The van der Waals surface area contributed by atoms with Crippen molar-refractivity contribution in [2.24, 2.45) is 0 Å². The maximum absolute atomic E-state index is 12.6. The van der Waals surface area contributed by atoms with Gasteiger partial charge in [0.2, 0.25) is 0 Å². The molecule has 3 rings (SSSR count). The van der Waals surface area contributed by atoms with E-state index in [2.05, 4.69) is 17.0 Å². The second kappa shape index (κ2) is 8.37. The van der Waals surface area contributed by atoms with Crippen LogP contribution in [0, 0.1) is 0 Å². The highest BCUT2D eigenvalue weighted by Gasteiger charge is 2.20. The molecule has 2 aromatic carbocycles. The molecule has 0 aromatic heterocycles. The monoisotopic (exact) mass is 358 g/mol. The quantitative estimate of drug-likeness (QED) is 0.835. The van der Waals surface area contributed by atoms with Crippen LogP contribution in [0.2, 0.25) is 5.02 Å². The van der Waals surface area contributed by atoms with Gasteiger partial charge < -0.3 is 9.64 Å². The van der Waals surface area contributed by atoms with E-state index in [1.54, 1.807) is 31.4 Å². The number of carbonyl (C=O) groups is 1. The average Bonchev–Trinajstić information content (AvgIpc) is 2.88. The fourth-order valence-corrected chi connectivity index (χ4v) is 3.22. The number of rotatable bonds is 4. The molecule has 2 aromatic rings. The normalized spacial score (nSPS) is 15.7. The molecule has 0 saturated carbocycles. The number of ether oxygens (including phenoxy) is 1. The Bertz CT molecular complexity index is 701. The fraction of sp³-hybridized carbons (Fsp3) is 0.350. The van der Waals surface area contributed by atoms with E-state index in [1.165, 1.54) is 5.56 Å². The second-order valence-electron chi connectivity index (χ2n) is 6.28. The molecule has 5 heteroatoms. The van der Waals surface area contributed by atoms with Crippen LogP contribution in [-0.2, 0) is 6.54 Å². The van der Waals surface area contributed by atoms with E-state index in [-0.39, 0.29) is 5.91 Å². The first-order chi connectivity index (χ1) is 12.2. The molecule has 1 saturated heterocycles. The minimum Gasteiger partial charge on any atom is -0.497 e. The fourth-order valence-electron chi connectivity index (χ4n) is 3.10. The molecule has 0 spiro atoms. The van der Waals surface area contributed by atoms with Gasteiger partial charge in [-0.1, -0.05) is 23.7 Å². The van der Waals surface area contributed by atoms with Gasteiger partial charge in [0.05, 0.1) is 7.11 Å². The molecular weight excluding hydrogens is 336 g/mol. The lowest BCUT2D eigenvalue weighted by molar-refractivity contribution is 0.0761.